The number of amides is 2. The average molecular weight is 467 g/mol. The van der Waals surface area contributed by atoms with Crippen LogP contribution in [0.3, 0.4) is 0 Å². The number of ether oxygens (including phenoxy) is 1. The van der Waals surface area contributed by atoms with Crippen molar-refractivity contribution >= 4 is 22.4 Å². The molecule has 0 radical (unpaired) electrons. The maximum atomic E-state index is 11.0. The Hall–Kier alpha value is -2.74. The van der Waals surface area contributed by atoms with Crippen LogP contribution >= 0.6 is 11.3 Å². The first-order valence-electron chi connectivity index (χ1n) is 11.4. The van der Waals surface area contributed by atoms with Gasteiger partial charge >= 0.3 is 6.03 Å². The number of anilines is 1. The van der Waals surface area contributed by atoms with Crippen molar-refractivity contribution in [1.82, 2.24) is 9.88 Å². The molecule has 176 valence electrons. The summed E-state index contributed by atoms with van der Waals surface area (Å²) in [7, 11) is 1.77. The highest BCUT2D eigenvalue weighted by Gasteiger charge is 2.22. The monoisotopic (exact) mass is 466 g/mol. The number of methoxy groups -OCH3 is 1. The molecule has 0 saturated carbocycles. The molecule has 1 unspecified atom stereocenters. The maximum Gasteiger partial charge on any atom is 0.317 e. The molecule has 3 N–H and O–H groups in total. The first kappa shape index (κ1) is 24.9. The average Bonchev–Trinajstić information content (AvgIpc) is 3.46. The number of nitrogens with one attached hydrogen (secondary N) is 1. The number of aromatic nitrogens is 1. The van der Waals surface area contributed by atoms with Gasteiger partial charge in [-0.25, -0.2) is 9.78 Å². The van der Waals surface area contributed by atoms with Crippen LogP contribution in [-0.2, 0) is 4.74 Å². The van der Waals surface area contributed by atoms with Crippen LogP contribution in [0.25, 0.3) is 11.3 Å². The standard InChI is InChI=1S/C13H15N3OS.C13H19NO/c1-8(2)11-15-10(9-6-4-3-5-7-9)12(18-11)16-13(14)17;1-15-10-9-14-8-7-13(11-14)12-5-3-2-4-6-12/h3-8H,1-2H3,(H3,14,16,17);2-6,13H,7-11H2,1H3. The fourth-order valence-corrected chi connectivity index (χ4v) is 4.82. The summed E-state index contributed by atoms with van der Waals surface area (Å²) in [6.45, 7) is 8.46. The molecule has 2 aromatic carbocycles. The summed E-state index contributed by atoms with van der Waals surface area (Å²) in [5, 5.41) is 4.33. The Balaban J connectivity index is 0.000000189. The Morgan fingerprint density at radius 2 is 1.85 bits per heavy atom. The van der Waals surface area contributed by atoms with Gasteiger partial charge in [0, 0.05) is 31.7 Å². The number of benzene rings is 2. The first-order valence-corrected chi connectivity index (χ1v) is 12.2. The van der Waals surface area contributed by atoms with Gasteiger partial charge in [-0.15, -0.1) is 11.3 Å². The van der Waals surface area contributed by atoms with E-state index in [1.54, 1.807) is 7.11 Å². The van der Waals surface area contributed by atoms with E-state index in [4.69, 9.17) is 10.5 Å². The van der Waals surface area contributed by atoms with Gasteiger partial charge in [-0.05, 0) is 24.4 Å². The summed E-state index contributed by atoms with van der Waals surface area (Å²) in [5.41, 5.74) is 8.43. The molecule has 0 aliphatic carbocycles. The van der Waals surface area contributed by atoms with E-state index in [1.807, 2.05) is 30.3 Å². The smallest absolute Gasteiger partial charge is 0.317 e. The zero-order valence-electron chi connectivity index (χ0n) is 19.7. The molecule has 33 heavy (non-hydrogen) atoms. The number of primary amides is 1. The number of rotatable bonds is 7. The van der Waals surface area contributed by atoms with Crippen LogP contribution in [0.15, 0.2) is 60.7 Å². The molecule has 4 rings (SSSR count). The van der Waals surface area contributed by atoms with Crippen LogP contribution in [0.1, 0.15) is 42.7 Å². The van der Waals surface area contributed by atoms with Gasteiger partial charge in [0.2, 0.25) is 0 Å². The van der Waals surface area contributed by atoms with Crippen molar-refractivity contribution in [3.05, 3.63) is 71.2 Å². The van der Waals surface area contributed by atoms with E-state index in [2.05, 4.69) is 59.4 Å². The molecule has 1 aliphatic rings. The number of likely N-dealkylation sites (tertiary alicyclic amines) is 1. The molecule has 0 spiro atoms. The summed E-state index contributed by atoms with van der Waals surface area (Å²) >= 11 is 1.47. The minimum atomic E-state index is -0.564. The molecule has 7 heteroatoms. The quantitative estimate of drug-likeness (QED) is 0.479. The molecule has 1 fully saturated rings. The second-order valence-corrected chi connectivity index (χ2v) is 9.46. The molecule has 1 aromatic heterocycles. The van der Waals surface area contributed by atoms with Crippen LogP contribution in [-0.4, -0.2) is 49.3 Å². The van der Waals surface area contributed by atoms with Crippen LogP contribution in [0.5, 0.6) is 0 Å². The van der Waals surface area contributed by atoms with E-state index in [1.165, 1.54) is 36.4 Å². The minimum Gasteiger partial charge on any atom is -0.383 e. The van der Waals surface area contributed by atoms with Crippen molar-refractivity contribution in [2.75, 3.05) is 38.7 Å². The van der Waals surface area contributed by atoms with Gasteiger partial charge in [-0.1, -0.05) is 74.5 Å². The second kappa shape index (κ2) is 12.5. The highest BCUT2D eigenvalue weighted by atomic mass is 32.1. The van der Waals surface area contributed by atoms with E-state index in [0.29, 0.717) is 10.9 Å². The summed E-state index contributed by atoms with van der Waals surface area (Å²) < 4.78 is 5.10. The van der Waals surface area contributed by atoms with Crippen LogP contribution in [0.4, 0.5) is 9.80 Å². The predicted octanol–water partition coefficient (Wildman–Crippen LogP) is 5.55. The Morgan fingerprint density at radius 1 is 1.18 bits per heavy atom. The van der Waals surface area contributed by atoms with Crippen LogP contribution in [0.2, 0.25) is 0 Å². The number of carbonyl (C=O) groups excluding carboxylic acids is 1. The summed E-state index contributed by atoms with van der Waals surface area (Å²) in [4.78, 5) is 18.1. The Morgan fingerprint density at radius 3 is 2.45 bits per heavy atom. The molecule has 1 saturated heterocycles. The largest absolute Gasteiger partial charge is 0.383 e. The van der Waals surface area contributed by atoms with Crippen molar-refractivity contribution in [2.24, 2.45) is 5.73 Å². The Bertz CT molecular complexity index is 992. The maximum absolute atomic E-state index is 11.0. The third kappa shape index (κ3) is 7.39. The van der Waals surface area contributed by atoms with Gasteiger partial charge in [0.15, 0.2) is 0 Å². The van der Waals surface area contributed by atoms with E-state index in [0.717, 1.165) is 35.3 Å². The van der Waals surface area contributed by atoms with Gasteiger partial charge in [0.25, 0.3) is 0 Å². The summed E-state index contributed by atoms with van der Waals surface area (Å²) in [6.07, 6.45) is 1.29. The summed E-state index contributed by atoms with van der Waals surface area (Å²) in [5.74, 6) is 1.05. The lowest BCUT2D eigenvalue weighted by molar-refractivity contribution is 0.160. The second-order valence-electron chi connectivity index (χ2n) is 8.43. The van der Waals surface area contributed by atoms with Crippen LogP contribution < -0.4 is 11.1 Å². The topological polar surface area (TPSA) is 80.5 Å². The third-order valence-electron chi connectivity index (χ3n) is 5.58. The Kier molecular flexibility index (Phi) is 9.42. The molecule has 1 atom stereocenters. The molecule has 0 bridgehead atoms. The highest BCUT2D eigenvalue weighted by Crippen LogP contribution is 2.35. The molecular formula is C26H34N4O2S. The number of nitrogens with zero attached hydrogens (tertiary/aromatic N) is 2. The van der Waals surface area contributed by atoms with Crippen molar-refractivity contribution < 1.29 is 9.53 Å². The predicted molar refractivity (Wildman–Crippen MR) is 137 cm³/mol. The van der Waals surface area contributed by atoms with E-state index in [-0.39, 0.29) is 0 Å². The molecule has 3 aromatic rings. The number of hydrogen-bond donors (Lipinski definition) is 2. The lowest BCUT2D eigenvalue weighted by Crippen LogP contribution is -2.24. The number of carbonyl (C=O) groups is 1. The Labute approximate surface area is 200 Å². The number of urea groups is 1. The number of thiazole rings is 1. The van der Waals surface area contributed by atoms with E-state index in [9.17, 15) is 4.79 Å². The molecule has 2 heterocycles. The van der Waals surface area contributed by atoms with Crippen molar-refractivity contribution in [3.63, 3.8) is 0 Å². The van der Waals surface area contributed by atoms with Gasteiger partial charge in [0.05, 0.1) is 11.6 Å². The van der Waals surface area contributed by atoms with Crippen molar-refractivity contribution in [1.29, 1.82) is 0 Å². The zero-order chi connectivity index (χ0) is 23.6. The highest BCUT2D eigenvalue weighted by molar-refractivity contribution is 7.16. The molecule has 6 nitrogen and oxygen atoms in total. The van der Waals surface area contributed by atoms with Gasteiger partial charge < -0.3 is 15.4 Å². The first-order chi connectivity index (χ1) is 16.0. The van der Waals surface area contributed by atoms with Gasteiger partial charge in [-0.2, -0.15) is 0 Å². The molecule has 2 amide bonds. The number of hydrogen-bond acceptors (Lipinski definition) is 5. The van der Waals surface area contributed by atoms with Crippen LogP contribution in [0, 0.1) is 0 Å². The SMILES string of the molecule is CC(C)c1nc(-c2ccccc2)c(NC(N)=O)s1.COCCN1CCC(c2ccccc2)C1. The molecule has 1 aliphatic heterocycles. The fourth-order valence-electron chi connectivity index (χ4n) is 3.83. The van der Waals surface area contributed by atoms with Crippen molar-refractivity contribution in [3.8, 4) is 11.3 Å². The number of nitrogens with two attached hydrogens (primary N) is 1. The van der Waals surface area contributed by atoms with E-state index < -0.39 is 6.03 Å². The fraction of sp³-hybridized carbons (Fsp3) is 0.385. The lowest BCUT2D eigenvalue weighted by Gasteiger charge is -2.15. The lowest BCUT2D eigenvalue weighted by atomic mass is 9.99. The minimum absolute atomic E-state index is 0.320. The molecular weight excluding hydrogens is 432 g/mol. The van der Waals surface area contributed by atoms with Gasteiger partial charge in [-0.3, -0.25) is 5.32 Å². The zero-order valence-corrected chi connectivity index (χ0v) is 20.5. The van der Waals surface area contributed by atoms with Crippen molar-refractivity contribution in [2.45, 2.75) is 32.1 Å². The van der Waals surface area contributed by atoms with Gasteiger partial charge in [0.1, 0.15) is 10.7 Å². The van der Waals surface area contributed by atoms with E-state index >= 15 is 0 Å². The summed E-state index contributed by atoms with van der Waals surface area (Å²) in [6, 6.07) is 20.0. The third-order valence-corrected chi connectivity index (χ3v) is 6.85. The normalized spacial score (nSPS) is 15.8.